The molecule has 1 aliphatic heterocycles. The van der Waals surface area contributed by atoms with E-state index in [0.29, 0.717) is 11.1 Å². The van der Waals surface area contributed by atoms with E-state index in [-0.39, 0.29) is 0 Å². The van der Waals surface area contributed by atoms with E-state index in [9.17, 15) is 0 Å². The zero-order valence-electron chi connectivity index (χ0n) is 9.92. The lowest BCUT2D eigenvalue weighted by atomic mass is 9.95. The average molecular weight is 280 g/mol. The number of hydrogen-bond donors (Lipinski definition) is 0. The molecule has 0 saturated carbocycles. The van der Waals surface area contributed by atoms with Gasteiger partial charge in [-0.15, -0.1) is 21.5 Å². The van der Waals surface area contributed by atoms with Crippen LogP contribution in [0, 0.1) is 0 Å². The third-order valence-corrected chi connectivity index (χ3v) is 4.62. The molecule has 0 N–H and O–H groups in total. The van der Waals surface area contributed by atoms with Crippen LogP contribution in [0.15, 0.2) is 29.6 Å². The van der Waals surface area contributed by atoms with Crippen LogP contribution in [-0.2, 0) is 0 Å². The van der Waals surface area contributed by atoms with E-state index in [1.54, 1.807) is 6.07 Å². The molecule has 0 amide bonds. The molecule has 5 heteroatoms. The summed E-state index contributed by atoms with van der Waals surface area (Å²) in [7, 11) is 0. The maximum atomic E-state index is 5.75. The van der Waals surface area contributed by atoms with Crippen LogP contribution in [0.25, 0.3) is 0 Å². The zero-order valence-corrected chi connectivity index (χ0v) is 11.5. The van der Waals surface area contributed by atoms with Gasteiger partial charge in [0.15, 0.2) is 11.0 Å². The predicted octanol–water partition coefficient (Wildman–Crippen LogP) is 3.58. The van der Waals surface area contributed by atoms with E-state index in [2.05, 4.69) is 32.6 Å². The molecule has 2 aromatic heterocycles. The zero-order chi connectivity index (χ0) is 12.4. The Hall–Kier alpha value is -1.13. The van der Waals surface area contributed by atoms with Crippen molar-refractivity contribution in [3.63, 3.8) is 0 Å². The summed E-state index contributed by atoms with van der Waals surface area (Å²) in [4.78, 5) is 3.80. The van der Waals surface area contributed by atoms with Crippen LogP contribution >= 0.6 is 22.9 Å². The molecule has 94 valence electrons. The number of rotatable bonds is 2. The standard InChI is InChI=1S/C13H14ClN3S/c14-12-3-4-13(16-15-12)17-7-5-10(6-8-17)11-2-1-9-18-11/h1-4,9-10H,5-8H2. The first-order valence-electron chi connectivity index (χ1n) is 6.10. The van der Waals surface area contributed by atoms with E-state index in [4.69, 9.17) is 11.6 Å². The monoisotopic (exact) mass is 279 g/mol. The highest BCUT2D eigenvalue weighted by atomic mass is 35.5. The summed E-state index contributed by atoms with van der Waals surface area (Å²) >= 11 is 7.62. The molecule has 0 atom stereocenters. The second kappa shape index (κ2) is 5.24. The van der Waals surface area contributed by atoms with E-state index < -0.39 is 0 Å². The number of piperidine rings is 1. The van der Waals surface area contributed by atoms with Gasteiger partial charge in [-0.2, -0.15) is 0 Å². The van der Waals surface area contributed by atoms with Crippen LogP contribution in [0.3, 0.4) is 0 Å². The maximum absolute atomic E-state index is 5.75. The molecule has 1 fully saturated rings. The van der Waals surface area contributed by atoms with E-state index in [1.807, 2.05) is 17.4 Å². The summed E-state index contributed by atoms with van der Waals surface area (Å²) in [5, 5.41) is 10.6. The van der Waals surface area contributed by atoms with Crippen LogP contribution in [0.2, 0.25) is 5.15 Å². The molecule has 0 unspecified atom stereocenters. The second-order valence-corrected chi connectivity index (χ2v) is 5.86. The third kappa shape index (κ3) is 2.49. The van der Waals surface area contributed by atoms with Crippen molar-refractivity contribution in [2.24, 2.45) is 0 Å². The first-order chi connectivity index (χ1) is 8.83. The first kappa shape index (κ1) is 11.9. The quantitative estimate of drug-likeness (QED) is 0.841. The van der Waals surface area contributed by atoms with Gasteiger partial charge >= 0.3 is 0 Å². The van der Waals surface area contributed by atoms with Crippen LogP contribution in [0.5, 0.6) is 0 Å². The van der Waals surface area contributed by atoms with Crippen molar-refractivity contribution in [1.82, 2.24) is 10.2 Å². The van der Waals surface area contributed by atoms with E-state index in [1.165, 1.54) is 17.7 Å². The topological polar surface area (TPSA) is 29.0 Å². The van der Waals surface area contributed by atoms with Gasteiger partial charge in [0.2, 0.25) is 0 Å². The predicted molar refractivity (Wildman–Crippen MR) is 75.5 cm³/mol. The summed E-state index contributed by atoms with van der Waals surface area (Å²) in [6.45, 7) is 2.08. The van der Waals surface area contributed by atoms with Crippen molar-refractivity contribution in [1.29, 1.82) is 0 Å². The largest absolute Gasteiger partial charge is 0.355 e. The number of nitrogens with zero attached hydrogens (tertiary/aromatic N) is 3. The van der Waals surface area contributed by atoms with Crippen LogP contribution in [0.1, 0.15) is 23.6 Å². The van der Waals surface area contributed by atoms with Gasteiger partial charge < -0.3 is 4.90 Å². The third-order valence-electron chi connectivity index (χ3n) is 3.38. The fourth-order valence-corrected chi connectivity index (χ4v) is 3.39. The van der Waals surface area contributed by atoms with Crippen molar-refractivity contribution < 1.29 is 0 Å². The smallest absolute Gasteiger partial charge is 0.151 e. The maximum Gasteiger partial charge on any atom is 0.151 e. The average Bonchev–Trinajstić information content (AvgIpc) is 2.94. The second-order valence-electron chi connectivity index (χ2n) is 4.49. The Balaban J connectivity index is 1.65. The lowest BCUT2D eigenvalue weighted by Gasteiger charge is -2.32. The minimum absolute atomic E-state index is 0.451. The van der Waals surface area contributed by atoms with Crippen molar-refractivity contribution >= 4 is 28.8 Å². The fraction of sp³-hybridized carbons (Fsp3) is 0.385. The van der Waals surface area contributed by atoms with Gasteiger partial charge in [-0.1, -0.05) is 17.7 Å². The first-order valence-corrected chi connectivity index (χ1v) is 7.36. The Kier molecular flexibility index (Phi) is 3.48. The minimum Gasteiger partial charge on any atom is -0.355 e. The molecule has 3 rings (SSSR count). The normalized spacial score (nSPS) is 17.1. The van der Waals surface area contributed by atoms with Gasteiger partial charge in [0.1, 0.15) is 0 Å². The highest BCUT2D eigenvalue weighted by Gasteiger charge is 2.22. The molecular weight excluding hydrogens is 266 g/mol. The highest BCUT2D eigenvalue weighted by molar-refractivity contribution is 7.10. The van der Waals surface area contributed by atoms with E-state index >= 15 is 0 Å². The van der Waals surface area contributed by atoms with Crippen molar-refractivity contribution in [2.45, 2.75) is 18.8 Å². The molecule has 0 aliphatic carbocycles. The van der Waals surface area contributed by atoms with Gasteiger partial charge in [0.25, 0.3) is 0 Å². The molecule has 1 aliphatic rings. The highest BCUT2D eigenvalue weighted by Crippen LogP contribution is 2.32. The SMILES string of the molecule is Clc1ccc(N2CCC(c3cccs3)CC2)nn1. The lowest BCUT2D eigenvalue weighted by Crippen LogP contribution is -2.33. The minimum atomic E-state index is 0.451. The van der Waals surface area contributed by atoms with E-state index in [0.717, 1.165) is 18.9 Å². The molecule has 18 heavy (non-hydrogen) atoms. The molecule has 0 bridgehead atoms. The van der Waals surface area contributed by atoms with Crippen molar-refractivity contribution in [2.75, 3.05) is 18.0 Å². The Morgan fingerprint density at radius 1 is 1.17 bits per heavy atom. The van der Waals surface area contributed by atoms with Crippen LogP contribution in [-0.4, -0.2) is 23.3 Å². The molecular formula is C13H14ClN3S. The fourth-order valence-electron chi connectivity index (χ4n) is 2.39. The Morgan fingerprint density at radius 3 is 2.61 bits per heavy atom. The Labute approximate surface area is 115 Å². The molecule has 1 saturated heterocycles. The Bertz CT molecular complexity index is 489. The molecule has 2 aromatic rings. The van der Waals surface area contributed by atoms with Gasteiger partial charge in [-0.25, -0.2) is 0 Å². The van der Waals surface area contributed by atoms with Crippen LogP contribution in [0.4, 0.5) is 5.82 Å². The van der Waals surface area contributed by atoms with Gasteiger partial charge in [-0.3, -0.25) is 0 Å². The summed E-state index contributed by atoms with van der Waals surface area (Å²) in [6, 6.07) is 8.13. The van der Waals surface area contributed by atoms with Gasteiger partial charge in [0.05, 0.1) is 0 Å². The Morgan fingerprint density at radius 2 is 2.00 bits per heavy atom. The van der Waals surface area contributed by atoms with Crippen LogP contribution < -0.4 is 4.90 Å². The van der Waals surface area contributed by atoms with Gasteiger partial charge in [-0.05, 0) is 42.3 Å². The lowest BCUT2D eigenvalue weighted by molar-refractivity contribution is 0.507. The summed E-state index contributed by atoms with van der Waals surface area (Å²) in [5.41, 5.74) is 0. The van der Waals surface area contributed by atoms with Gasteiger partial charge in [0, 0.05) is 18.0 Å². The van der Waals surface area contributed by atoms with Crippen molar-refractivity contribution in [3.05, 3.63) is 39.7 Å². The molecule has 0 aromatic carbocycles. The molecule has 3 nitrogen and oxygen atoms in total. The number of anilines is 1. The molecule has 0 radical (unpaired) electrons. The number of aromatic nitrogens is 2. The molecule has 3 heterocycles. The summed E-state index contributed by atoms with van der Waals surface area (Å²) < 4.78 is 0. The summed E-state index contributed by atoms with van der Waals surface area (Å²) in [5.74, 6) is 1.64. The summed E-state index contributed by atoms with van der Waals surface area (Å²) in [6.07, 6.45) is 2.37. The molecule has 0 spiro atoms. The van der Waals surface area contributed by atoms with Crippen molar-refractivity contribution in [3.8, 4) is 0 Å². The number of halogens is 1. The number of hydrogen-bond acceptors (Lipinski definition) is 4. The number of thiophene rings is 1.